The number of ether oxygens (including phenoxy) is 1. The summed E-state index contributed by atoms with van der Waals surface area (Å²) < 4.78 is 5.79. The first-order chi connectivity index (χ1) is 20.1. The first-order valence-corrected chi connectivity index (χ1v) is 15.0. The Labute approximate surface area is 248 Å². The molecule has 0 radical (unpaired) electrons. The molecule has 0 aromatic heterocycles. The predicted octanol–water partition coefficient (Wildman–Crippen LogP) is 0.759. The molecule has 3 aliphatic rings. The van der Waals surface area contributed by atoms with Crippen molar-refractivity contribution in [1.29, 1.82) is 0 Å². The fourth-order valence-electron chi connectivity index (χ4n) is 6.02. The number of rotatable bonds is 3. The minimum Gasteiger partial charge on any atom is -0.484 e. The van der Waals surface area contributed by atoms with Crippen molar-refractivity contribution in [3.05, 3.63) is 41.5 Å². The van der Waals surface area contributed by atoms with Crippen LogP contribution in [-0.2, 0) is 25.6 Å². The standard InChI is InChI=1S/C31H45N5O6/c1-21(2)9-13-35-14-10-31(11-15-35)17-23-6-4-7-24(16-23)42-19-27(38)33-22(3)30(41)36-12-5-8-26(36)29(40)34-25(18-37)28(39)32-20-31/h4,6-7,9,16,22,25-26,37H,5,8,10-15,17-20H2,1-3H3,(H,32,39)(H,33,38)(H,34,40)/t22-,25-,26-/m0/s1. The summed E-state index contributed by atoms with van der Waals surface area (Å²) in [6.45, 7) is 8.32. The number of hydrogen-bond donors (Lipinski definition) is 4. The summed E-state index contributed by atoms with van der Waals surface area (Å²) >= 11 is 0. The van der Waals surface area contributed by atoms with Gasteiger partial charge in [0.2, 0.25) is 17.7 Å². The largest absolute Gasteiger partial charge is 0.484 e. The molecule has 4 rings (SSSR count). The van der Waals surface area contributed by atoms with Crippen molar-refractivity contribution in [2.24, 2.45) is 5.41 Å². The Balaban J connectivity index is 1.58. The van der Waals surface area contributed by atoms with Crippen molar-refractivity contribution < 1.29 is 29.0 Å². The fraction of sp³-hybridized carbons (Fsp3) is 0.613. The molecule has 2 bridgehead atoms. The van der Waals surface area contributed by atoms with Gasteiger partial charge in [0.25, 0.3) is 5.91 Å². The topological polar surface area (TPSA) is 140 Å². The van der Waals surface area contributed by atoms with Crippen LogP contribution in [0.3, 0.4) is 0 Å². The molecule has 3 heterocycles. The molecule has 1 aromatic carbocycles. The van der Waals surface area contributed by atoms with Crippen molar-refractivity contribution in [2.75, 3.05) is 45.9 Å². The highest BCUT2D eigenvalue weighted by Gasteiger charge is 2.39. The molecule has 3 aliphatic heterocycles. The van der Waals surface area contributed by atoms with E-state index < -0.39 is 42.5 Å². The second-order valence-electron chi connectivity index (χ2n) is 12.1. The minimum absolute atomic E-state index is 0.246. The van der Waals surface area contributed by atoms with Crippen molar-refractivity contribution in [3.63, 3.8) is 0 Å². The molecule has 4 N–H and O–H groups in total. The number of allylic oxidation sites excluding steroid dienone is 1. The summed E-state index contributed by atoms with van der Waals surface area (Å²) in [5, 5.41) is 18.4. The zero-order valence-electron chi connectivity index (χ0n) is 25.0. The third-order valence-electron chi connectivity index (χ3n) is 8.56. The van der Waals surface area contributed by atoms with Gasteiger partial charge in [0.15, 0.2) is 6.61 Å². The molecule has 11 heteroatoms. The molecular formula is C31H45N5O6. The van der Waals surface area contributed by atoms with Crippen LogP contribution in [0.1, 0.15) is 52.0 Å². The summed E-state index contributed by atoms with van der Waals surface area (Å²) in [4.78, 5) is 56.1. The Morgan fingerprint density at radius 3 is 2.57 bits per heavy atom. The highest BCUT2D eigenvalue weighted by atomic mass is 16.5. The third-order valence-corrected chi connectivity index (χ3v) is 8.56. The number of likely N-dealkylation sites (tertiary alicyclic amines) is 1. The van der Waals surface area contributed by atoms with Gasteiger partial charge in [0.05, 0.1) is 6.61 Å². The number of fused-ring (bicyclic) bond motifs is 3. The van der Waals surface area contributed by atoms with Crippen LogP contribution in [0, 0.1) is 5.41 Å². The number of benzene rings is 1. The Morgan fingerprint density at radius 2 is 1.86 bits per heavy atom. The monoisotopic (exact) mass is 583 g/mol. The maximum Gasteiger partial charge on any atom is 0.258 e. The van der Waals surface area contributed by atoms with Gasteiger partial charge in [0, 0.05) is 19.6 Å². The van der Waals surface area contributed by atoms with E-state index in [0.717, 1.165) is 38.0 Å². The van der Waals surface area contributed by atoms with Gasteiger partial charge < -0.3 is 30.7 Å². The van der Waals surface area contributed by atoms with Gasteiger partial charge in [-0.1, -0.05) is 23.8 Å². The second kappa shape index (κ2) is 14.2. The molecular weight excluding hydrogens is 538 g/mol. The number of carbonyl (C=O) groups excluding carboxylic acids is 4. The van der Waals surface area contributed by atoms with Crippen molar-refractivity contribution in [3.8, 4) is 5.75 Å². The summed E-state index contributed by atoms with van der Waals surface area (Å²) in [5.41, 5.74) is 2.05. The van der Waals surface area contributed by atoms with Crippen LogP contribution in [0.15, 0.2) is 35.9 Å². The first kappa shape index (κ1) is 31.5. The van der Waals surface area contributed by atoms with E-state index in [9.17, 15) is 24.3 Å². The molecule has 1 aromatic rings. The van der Waals surface area contributed by atoms with Gasteiger partial charge in [-0.3, -0.25) is 24.1 Å². The van der Waals surface area contributed by atoms with Crippen LogP contribution in [-0.4, -0.2) is 103 Å². The zero-order chi connectivity index (χ0) is 30.3. The van der Waals surface area contributed by atoms with Gasteiger partial charge in [-0.05, 0) is 89.1 Å². The Kier molecular flexibility index (Phi) is 10.6. The number of piperidine rings is 1. The SMILES string of the molecule is CC(C)=CCN1CCC2(CC1)CNC(=O)[C@H](CO)NC(=O)[C@@H]1CCCN1C(=O)[C@H](C)NC(=O)COc1cccc(c1)C2. The highest BCUT2D eigenvalue weighted by molar-refractivity contribution is 5.94. The van der Waals surface area contributed by atoms with Gasteiger partial charge in [0.1, 0.15) is 23.9 Å². The number of amides is 4. The lowest BCUT2D eigenvalue weighted by Crippen LogP contribution is -2.57. The summed E-state index contributed by atoms with van der Waals surface area (Å²) in [5.74, 6) is -1.22. The van der Waals surface area contributed by atoms with Gasteiger partial charge >= 0.3 is 0 Å². The molecule has 3 atom stereocenters. The van der Waals surface area contributed by atoms with Crippen LogP contribution in [0.5, 0.6) is 5.75 Å². The first-order valence-electron chi connectivity index (χ1n) is 15.0. The molecule has 2 saturated heterocycles. The van der Waals surface area contributed by atoms with Crippen LogP contribution >= 0.6 is 0 Å². The summed E-state index contributed by atoms with van der Waals surface area (Å²) in [7, 11) is 0. The highest BCUT2D eigenvalue weighted by Crippen LogP contribution is 2.35. The van der Waals surface area contributed by atoms with E-state index >= 15 is 0 Å². The number of nitrogens with zero attached hydrogens (tertiary/aromatic N) is 2. The Morgan fingerprint density at radius 1 is 1.10 bits per heavy atom. The maximum atomic E-state index is 13.3. The quantitative estimate of drug-likeness (QED) is 0.385. The normalized spacial score (nSPS) is 26.1. The number of aliphatic hydroxyl groups excluding tert-OH is 1. The molecule has 1 spiro atoms. The average molecular weight is 584 g/mol. The fourth-order valence-corrected chi connectivity index (χ4v) is 6.02. The molecule has 0 saturated carbocycles. The van der Waals surface area contributed by atoms with Gasteiger partial charge in [-0.2, -0.15) is 0 Å². The third kappa shape index (κ3) is 8.10. The Bertz CT molecular complexity index is 1170. The van der Waals surface area contributed by atoms with Crippen LogP contribution in [0.25, 0.3) is 0 Å². The van der Waals surface area contributed by atoms with Crippen LogP contribution in [0.4, 0.5) is 0 Å². The zero-order valence-corrected chi connectivity index (χ0v) is 25.0. The van der Waals surface area contributed by atoms with Gasteiger partial charge in [-0.25, -0.2) is 0 Å². The van der Waals surface area contributed by atoms with Crippen molar-refractivity contribution in [1.82, 2.24) is 25.8 Å². The van der Waals surface area contributed by atoms with E-state index in [0.29, 0.717) is 38.1 Å². The number of aliphatic hydroxyl groups is 1. The lowest BCUT2D eigenvalue weighted by atomic mass is 9.73. The summed E-state index contributed by atoms with van der Waals surface area (Å²) in [6, 6.07) is 4.83. The van der Waals surface area contributed by atoms with E-state index in [2.05, 4.69) is 40.8 Å². The maximum absolute atomic E-state index is 13.3. The van der Waals surface area contributed by atoms with Crippen molar-refractivity contribution in [2.45, 2.75) is 71.0 Å². The predicted molar refractivity (Wildman–Crippen MR) is 158 cm³/mol. The number of nitrogens with one attached hydrogen (secondary N) is 3. The van der Waals surface area contributed by atoms with E-state index in [1.165, 1.54) is 10.5 Å². The van der Waals surface area contributed by atoms with Crippen LogP contribution in [0.2, 0.25) is 0 Å². The van der Waals surface area contributed by atoms with Crippen molar-refractivity contribution >= 4 is 23.6 Å². The van der Waals surface area contributed by atoms with Crippen LogP contribution < -0.4 is 20.7 Å². The van der Waals surface area contributed by atoms with E-state index in [4.69, 9.17) is 4.74 Å². The average Bonchev–Trinajstić information content (AvgIpc) is 3.47. The summed E-state index contributed by atoms with van der Waals surface area (Å²) in [6.07, 6.45) is 5.66. The molecule has 42 heavy (non-hydrogen) atoms. The smallest absolute Gasteiger partial charge is 0.258 e. The molecule has 0 unspecified atom stereocenters. The van der Waals surface area contributed by atoms with Gasteiger partial charge in [-0.15, -0.1) is 0 Å². The van der Waals surface area contributed by atoms with E-state index in [1.807, 2.05) is 18.2 Å². The molecule has 0 aliphatic carbocycles. The molecule has 230 valence electrons. The number of carbonyl (C=O) groups is 4. The number of hydrogen-bond acceptors (Lipinski definition) is 7. The lowest BCUT2D eigenvalue weighted by molar-refractivity contribution is -0.142. The molecule has 4 amide bonds. The lowest BCUT2D eigenvalue weighted by Gasteiger charge is -2.42. The molecule has 2 fully saturated rings. The molecule has 11 nitrogen and oxygen atoms in total. The Hall–Kier alpha value is -3.44. The van der Waals surface area contributed by atoms with E-state index in [1.54, 1.807) is 13.0 Å². The van der Waals surface area contributed by atoms with E-state index in [-0.39, 0.29) is 17.9 Å². The minimum atomic E-state index is -1.14. The second-order valence-corrected chi connectivity index (χ2v) is 12.1.